The molecule has 0 heterocycles. The Bertz CT molecular complexity index is 650. The molecule has 3 heteroatoms. The van der Waals surface area contributed by atoms with Crippen molar-refractivity contribution in [3.05, 3.63) is 65.2 Å². The first-order valence-electron chi connectivity index (χ1n) is 7.82. The van der Waals surface area contributed by atoms with Crippen molar-refractivity contribution in [2.45, 2.75) is 32.7 Å². The summed E-state index contributed by atoms with van der Waals surface area (Å²) in [5.74, 6) is 0.241. The molecule has 0 spiro atoms. The van der Waals surface area contributed by atoms with Crippen molar-refractivity contribution >= 4 is 5.97 Å². The predicted molar refractivity (Wildman–Crippen MR) is 93.9 cm³/mol. The number of ether oxygens (including phenoxy) is 1. The first kappa shape index (κ1) is 17.2. The highest BCUT2D eigenvalue weighted by atomic mass is 16.5. The smallest absolute Gasteiger partial charge is 0.343 e. The second-order valence-electron chi connectivity index (χ2n) is 7.10. The SMILES string of the molecule is CN(C)Cc1ccc(C(=O)Oc2ccc(C(C)(C)C)cc2)cc1. The van der Waals surface area contributed by atoms with Crippen molar-refractivity contribution in [1.29, 1.82) is 0 Å². The number of carbonyl (C=O) groups excluding carboxylic acids is 1. The second kappa shape index (κ2) is 6.97. The van der Waals surface area contributed by atoms with Crippen LogP contribution in [0.15, 0.2) is 48.5 Å². The van der Waals surface area contributed by atoms with E-state index in [9.17, 15) is 4.79 Å². The van der Waals surface area contributed by atoms with Crippen LogP contribution in [0.1, 0.15) is 42.3 Å². The number of hydrogen-bond donors (Lipinski definition) is 0. The van der Waals surface area contributed by atoms with Crippen molar-refractivity contribution in [3.8, 4) is 5.75 Å². The second-order valence-corrected chi connectivity index (χ2v) is 7.10. The molecule has 0 bridgehead atoms. The summed E-state index contributed by atoms with van der Waals surface area (Å²) in [5, 5.41) is 0. The van der Waals surface area contributed by atoms with Crippen LogP contribution in [0.2, 0.25) is 0 Å². The lowest BCUT2D eigenvalue weighted by Crippen LogP contribution is -2.12. The predicted octanol–water partition coefficient (Wildman–Crippen LogP) is 4.26. The first-order chi connectivity index (χ1) is 10.8. The zero-order chi connectivity index (χ0) is 17.0. The van der Waals surface area contributed by atoms with Crippen LogP contribution in [0.4, 0.5) is 0 Å². The van der Waals surface area contributed by atoms with Crippen LogP contribution in [0.3, 0.4) is 0 Å². The van der Waals surface area contributed by atoms with E-state index in [1.165, 1.54) is 11.1 Å². The molecule has 2 aromatic carbocycles. The van der Waals surface area contributed by atoms with Crippen LogP contribution in [0.5, 0.6) is 5.75 Å². The van der Waals surface area contributed by atoms with Gasteiger partial charge < -0.3 is 9.64 Å². The molecule has 2 aromatic rings. The highest BCUT2D eigenvalue weighted by Gasteiger charge is 2.14. The number of rotatable bonds is 4. The molecule has 0 unspecified atom stereocenters. The fraction of sp³-hybridized carbons (Fsp3) is 0.350. The van der Waals surface area contributed by atoms with E-state index >= 15 is 0 Å². The van der Waals surface area contributed by atoms with E-state index in [1.807, 2.05) is 62.6 Å². The number of esters is 1. The van der Waals surface area contributed by atoms with Gasteiger partial charge in [0.25, 0.3) is 0 Å². The van der Waals surface area contributed by atoms with Crippen LogP contribution in [0, 0.1) is 0 Å². The van der Waals surface area contributed by atoms with Gasteiger partial charge in [0.15, 0.2) is 0 Å². The molecule has 122 valence electrons. The van der Waals surface area contributed by atoms with E-state index in [0.717, 1.165) is 6.54 Å². The highest BCUT2D eigenvalue weighted by Crippen LogP contribution is 2.24. The Morgan fingerprint density at radius 3 is 2.00 bits per heavy atom. The molecule has 0 aliphatic heterocycles. The Morgan fingerprint density at radius 1 is 0.957 bits per heavy atom. The third kappa shape index (κ3) is 4.93. The molecule has 0 aliphatic rings. The lowest BCUT2D eigenvalue weighted by Gasteiger charge is -2.19. The van der Waals surface area contributed by atoms with Crippen LogP contribution in [-0.2, 0) is 12.0 Å². The standard InChI is InChI=1S/C20H25NO2/c1-20(2,3)17-10-12-18(13-11-17)23-19(22)16-8-6-15(7-9-16)14-21(4)5/h6-13H,14H2,1-5H3. The van der Waals surface area contributed by atoms with Gasteiger partial charge in [-0.15, -0.1) is 0 Å². The van der Waals surface area contributed by atoms with E-state index in [-0.39, 0.29) is 11.4 Å². The molecule has 0 atom stereocenters. The molecular formula is C20H25NO2. The summed E-state index contributed by atoms with van der Waals surface area (Å²) < 4.78 is 5.44. The maximum Gasteiger partial charge on any atom is 0.343 e. The van der Waals surface area contributed by atoms with E-state index in [4.69, 9.17) is 4.74 Å². The van der Waals surface area contributed by atoms with Crippen LogP contribution in [-0.4, -0.2) is 25.0 Å². The van der Waals surface area contributed by atoms with Crippen molar-refractivity contribution < 1.29 is 9.53 Å². The monoisotopic (exact) mass is 311 g/mol. The van der Waals surface area contributed by atoms with Crippen LogP contribution < -0.4 is 4.74 Å². The van der Waals surface area contributed by atoms with Gasteiger partial charge in [0.1, 0.15) is 5.75 Å². The molecule has 0 N–H and O–H groups in total. The summed E-state index contributed by atoms with van der Waals surface area (Å²) in [7, 11) is 4.03. The fourth-order valence-electron chi connectivity index (χ4n) is 2.30. The molecule has 23 heavy (non-hydrogen) atoms. The zero-order valence-electron chi connectivity index (χ0n) is 14.6. The number of carbonyl (C=O) groups is 1. The molecule has 0 saturated carbocycles. The fourth-order valence-corrected chi connectivity index (χ4v) is 2.30. The average Bonchev–Trinajstić information content (AvgIpc) is 2.47. The van der Waals surface area contributed by atoms with Gasteiger partial charge in [-0.05, 0) is 54.9 Å². The van der Waals surface area contributed by atoms with Crippen molar-refractivity contribution in [3.63, 3.8) is 0 Å². The van der Waals surface area contributed by atoms with Crippen LogP contribution in [0.25, 0.3) is 0 Å². The topological polar surface area (TPSA) is 29.5 Å². The molecule has 3 nitrogen and oxygen atoms in total. The van der Waals surface area contributed by atoms with Gasteiger partial charge in [0.05, 0.1) is 5.56 Å². The summed E-state index contributed by atoms with van der Waals surface area (Å²) >= 11 is 0. The molecule has 0 amide bonds. The molecule has 0 saturated heterocycles. The van der Waals surface area contributed by atoms with Gasteiger partial charge in [-0.1, -0.05) is 45.0 Å². The maximum atomic E-state index is 12.2. The highest BCUT2D eigenvalue weighted by molar-refractivity contribution is 5.91. The van der Waals surface area contributed by atoms with Gasteiger partial charge in [-0.2, -0.15) is 0 Å². The third-order valence-corrected chi connectivity index (χ3v) is 3.62. The number of benzene rings is 2. The Balaban J connectivity index is 2.04. The van der Waals surface area contributed by atoms with Gasteiger partial charge >= 0.3 is 5.97 Å². The Labute approximate surface area is 138 Å². The lowest BCUT2D eigenvalue weighted by molar-refractivity contribution is 0.0734. The van der Waals surface area contributed by atoms with E-state index in [0.29, 0.717) is 11.3 Å². The van der Waals surface area contributed by atoms with Crippen LogP contribution >= 0.6 is 0 Å². The molecule has 2 rings (SSSR count). The minimum Gasteiger partial charge on any atom is -0.423 e. The van der Waals surface area contributed by atoms with Gasteiger partial charge in [0.2, 0.25) is 0 Å². The summed E-state index contributed by atoms with van der Waals surface area (Å²) in [5.41, 5.74) is 3.03. The summed E-state index contributed by atoms with van der Waals surface area (Å²) in [4.78, 5) is 14.3. The van der Waals surface area contributed by atoms with E-state index in [1.54, 1.807) is 0 Å². The lowest BCUT2D eigenvalue weighted by atomic mass is 9.87. The van der Waals surface area contributed by atoms with Crippen molar-refractivity contribution in [2.24, 2.45) is 0 Å². The van der Waals surface area contributed by atoms with Gasteiger partial charge in [-0.3, -0.25) is 0 Å². The Hall–Kier alpha value is -2.13. The van der Waals surface area contributed by atoms with Gasteiger partial charge in [-0.25, -0.2) is 4.79 Å². The third-order valence-electron chi connectivity index (χ3n) is 3.62. The molecular weight excluding hydrogens is 286 g/mol. The molecule has 0 radical (unpaired) electrons. The van der Waals surface area contributed by atoms with E-state index < -0.39 is 0 Å². The largest absolute Gasteiger partial charge is 0.423 e. The quantitative estimate of drug-likeness (QED) is 0.624. The molecule has 0 aliphatic carbocycles. The zero-order valence-corrected chi connectivity index (χ0v) is 14.6. The molecule has 0 fully saturated rings. The maximum absolute atomic E-state index is 12.2. The summed E-state index contributed by atoms with van der Waals surface area (Å²) in [6.07, 6.45) is 0. The Kier molecular flexibility index (Phi) is 5.22. The molecule has 0 aromatic heterocycles. The minimum absolute atomic E-state index is 0.0881. The Morgan fingerprint density at radius 2 is 1.52 bits per heavy atom. The van der Waals surface area contributed by atoms with Gasteiger partial charge in [0, 0.05) is 6.54 Å². The minimum atomic E-state index is -0.329. The van der Waals surface area contributed by atoms with Crippen molar-refractivity contribution in [2.75, 3.05) is 14.1 Å². The summed E-state index contributed by atoms with van der Waals surface area (Å²) in [6.45, 7) is 7.32. The van der Waals surface area contributed by atoms with E-state index in [2.05, 4.69) is 25.7 Å². The first-order valence-corrected chi connectivity index (χ1v) is 7.82. The average molecular weight is 311 g/mol. The summed E-state index contributed by atoms with van der Waals surface area (Å²) in [6, 6.07) is 15.2. The number of nitrogens with zero attached hydrogens (tertiary/aromatic N) is 1. The normalized spacial score (nSPS) is 11.6. The van der Waals surface area contributed by atoms with Crippen molar-refractivity contribution in [1.82, 2.24) is 4.90 Å². The number of hydrogen-bond acceptors (Lipinski definition) is 3.